The van der Waals surface area contributed by atoms with Crippen molar-refractivity contribution in [3.05, 3.63) is 0 Å². The third-order valence-corrected chi connectivity index (χ3v) is 4.87. The first-order chi connectivity index (χ1) is 8.70. The van der Waals surface area contributed by atoms with Crippen molar-refractivity contribution in [2.24, 2.45) is 11.8 Å². The van der Waals surface area contributed by atoms with Gasteiger partial charge in [-0.05, 0) is 44.4 Å². The monoisotopic (exact) mass is 306 g/mol. The molecular formula is C14H27ClN2OS. The summed E-state index contributed by atoms with van der Waals surface area (Å²) in [5, 5.41) is 3.66. The minimum atomic E-state index is 0. The van der Waals surface area contributed by atoms with Gasteiger partial charge in [-0.3, -0.25) is 4.79 Å². The maximum atomic E-state index is 12.2. The van der Waals surface area contributed by atoms with Crippen molar-refractivity contribution in [3.8, 4) is 0 Å². The van der Waals surface area contributed by atoms with Gasteiger partial charge in [-0.2, -0.15) is 11.8 Å². The Balaban J connectivity index is 0.00000180. The minimum absolute atomic E-state index is 0. The van der Waals surface area contributed by atoms with Crippen molar-refractivity contribution in [3.63, 3.8) is 0 Å². The van der Waals surface area contributed by atoms with Gasteiger partial charge in [-0.25, -0.2) is 0 Å². The van der Waals surface area contributed by atoms with Crippen LogP contribution in [0.15, 0.2) is 0 Å². The fourth-order valence-corrected chi connectivity index (χ4v) is 3.23. The van der Waals surface area contributed by atoms with Crippen molar-refractivity contribution in [1.29, 1.82) is 0 Å². The van der Waals surface area contributed by atoms with Gasteiger partial charge in [0.1, 0.15) is 0 Å². The van der Waals surface area contributed by atoms with E-state index in [2.05, 4.69) is 23.4 Å². The fraction of sp³-hybridized carbons (Fsp3) is 0.929. The number of carbonyl (C=O) groups excluding carboxylic acids is 1. The molecule has 1 amide bonds. The number of nitrogens with one attached hydrogen (secondary N) is 1. The van der Waals surface area contributed by atoms with Crippen LogP contribution in [-0.2, 0) is 4.79 Å². The van der Waals surface area contributed by atoms with Crippen LogP contribution in [0.1, 0.15) is 32.6 Å². The normalized spacial score (nSPS) is 21.9. The Morgan fingerprint density at radius 2 is 1.95 bits per heavy atom. The van der Waals surface area contributed by atoms with E-state index in [4.69, 9.17) is 0 Å². The molecule has 0 aromatic heterocycles. The van der Waals surface area contributed by atoms with Gasteiger partial charge in [0.25, 0.3) is 0 Å². The van der Waals surface area contributed by atoms with E-state index in [0.717, 1.165) is 37.6 Å². The third-order valence-electron chi connectivity index (χ3n) is 4.04. The molecule has 1 unspecified atom stereocenters. The average Bonchev–Trinajstić information content (AvgIpc) is 3.20. The summed E-state index contributed by atoms with van der Waals surface area (Å²) in [5.41, 5.74) is 0. The Kier molecular flexibility index (Phi) is 7.55. The van der Waals surface area contributed by atoms with E-state index < -0.39 is 0 Å². The molecule has 0 aromatic rings. The molecule has 0 spiro atoms. The third kappa shape index (κ3) is 5.52. The first-order valence-corrected chi connectivity index (χ1v) is 8.61. The highest BCUT2D eigenvalue weighted by atomic mass is 35.5. The van der Waals surface area contributed by atoms with Gasteiger partial charge < -0.3 is 10.2 Å². The second-order valence-electron chi connectivity index (χ2n) is 5.81. The van der Waals surface area contributed by atoms with Crippen LogP contribution in [0, 0.1) is 11.8 Å². The molecule has 1 aliphatic carbocycles. The van der Waals surface area contributed by atoms with E-state index >= 15 is 0 Å². The Labute approximate surface area is 127 Å². The standard InChI is InChI=1S/C14H26N2OS.ClH/c1-11(10-18-2)14(17)16-7-5-13(6-8-16)15-9-12-3-4-12;/h11-13,15H,3-10H2,1-2H3;1H. The van der Waals surface area contributed by atoms with Gasteiger partial charge in [0, 0.05) is 30.8 Å². The maximum absolute atomic E-state index is 12.2. The predicted octanol–water partition coefficient (Wildman–Crippen LogP) is 2.40. The molecule has 19 heavy (non-hydrogen) atoms. The first kappa shape index (κ1) is 17.1. The summed E-state index contributed by atoms with van der Waals surface area (Å²) in [6, 6.07) is 0.644. The molecule has 2 rings (SSSR count). The first-order valence-electron chi connectivity index (χ1n) is 7.21. The zero-order chi connectivity index (χ0) is 13.0. The van der Waals surface area contributed by atoms with E-state index in [-0.39, 0.29) is 18.3 Å². The molecule has 1 heterocycles. The molecule has 1 saturated carbocycles. The molecule has 5 heteroatoms. The summed E-state index contributed by atoms with van der Waals surface area (Å²) in [5.74, 6) is 2.42. The van der Waals surface area contributed by atoms with Gasteiger partial charge >= 0.3 is 0 Å². The van der Waals surface area contributed by atoms with Gasteiger partial charge in [0.2, 0.25) is 5.91 Å². The second kappa shape index (κ2) is 8.38. The zero-order valence-corrected chi connectivity index (χ0v) is 13.7. The van der Waals surface area contributed by atoms with E-state index in [1.807, 2.05) is 0 Å². The Bertz CT molecular complexity index is 279. The number of carbonyl (C=O) groups is 1. The van der Waals surface area contributed by atoms with Crippen molar-refractivity contribution in [1.82, 2.24) is 10.2 Å². The van der Waals surface area contributed by atoms with E-state index in [9.17, 15) is 4.79 Å². The van der Waals surface area contributed by atoms with E-state index in [1.54, 1.807) is 11.8 Å². The van der Waals surface area contributed by atoms with Crippen LogP contribution in [0.3, 0.4) is 0 Å². The summed E-state index contributed by atoms with van der Waals surface area (Å²) in [6.45, 7) is 5.14. The fourth-order valence-electron chi connectivity index (χ4n) is 2.59. The Morgan fingerprint density at radius 1 is 1.32 bits per heavy atom. The molecule has 2 fully saturated rings. The van der Waals surface area contributed by atoms with Crippen molar-refractivity contribution >= 4 is 30.1 Å². The highest BCUT2D eigenvalue weighted by molar-refractivity contribution is 7.98. The predicted molar refractivity (Wildman–Crippen MR) is 85.1 cm³/mol. The number of hydrogen-bond donors (Lipinski definition) is 1. The highest BCUT2D eigenvalue weighted by Gasteiger charge is 2.27. The summed E-state index contributed by atoms with van der Waals surface area (Å²) in [4.78, 5) is 14.2. The van der Waals surface area contributed by atoms with Crippen LogP contribution < -0.4 is 5.32 Å². The molecule has 2 aliphatic rings. The SMILES string of the molecule is CSCC(C)C(=O)N1CCC(NCC2CC2)CC1.Cl. The number of piperidine rings is 1. The molecule has 0 radical (unpaired) electrons. The zero-order valence-electron chi connectivity index (χ0n) is 12.1. The van der Waals surface area contributed by atoms with Crippen LogP contribution >= 0.6 is 24.2 Å². The minimum Gasteiger partial charge on any atom is -0.342 e. The van der Waals surface area contributed by atoms with Crippen molar-refractivity contribution in [2.75, 3.05) is 31.6 Å². The molecule has 1 N–H and O–H groups in total. The lowest BCUT2D eigenvalue weighted by Gasteiger charge is -2.34. The number of nitrogens with zero attached hydrogens (tertiary/aromatic N) is 1. The molecule has 1 atom stereocenters. The van der Waals surface area contributed by atoms with Gasteiger partial charge in [0.05, 0.1) is 0 Å². The Morgan fingerprint density at radius 3 is 2.47 bits per heavy atom. The average molecular weight is 307 g/mol. The summed E-state index contributed by atoms with van der Waals surface area (Å²) in [7, 11) is 0. The number of amides is 1. The van der Waals surface area contributed by atoms with Crippen LogP contribution in [0.25, 0.3) is 0 Å². The smallest absolute Gasteiger partial charge is 0.226 e. The topological polar surface area (TPSA) is 32.3 Å². The van der Waals surface area contributed by atoms with Crippen molar-refractivity contribution < 1.29 is 4.79 Å². The molecule has 1 aliphatic heterocycles. The Hall–Kier alpha value is 0.0700. The number of halogens is 1. The quantitative estimate of drug-likeness (QED) is 0.818. The molecule has 0 aromatic carbocycles. The van der Waals surface area contributed by atoms with Crippen LogP contribution in [-0.4, -0.2) is 48.5 Å². The van der Waals surface area contributed by atoms with E-state index in [0.29, 0.717) is 11.9 Å². The second-order valence-corrected chi connectivity index (χ2v) is 6.72. The number of likely N-dealkylation sites (tertiary alicyclic amines) is 1. The molecular weight excluding hydrogens is 280 g/mol. The van der Waals surface area contributed by atoms with Crippen LogP contribution in [0.2, 0.25) is 0 Å². The summed E-state index contributed by atoms with van der Waals surface area (Å²) in [6.07, 6.45) is 7.15. The number of rotatable bonds is 6. The summed E-state index contributed by atoms with van der Waals surface area (Å²) < 4.78 is 0. The molecule has 1 saturated heterocycles. The van der Waals surface area contributed by atoms with E-state index in [1.165, 1.54) is 19.4 Å². The lowest BCUT2D eigenvalue weighted by molar-refractivity contribution is -0.135. The maximum Gasteiger partial charge on any atom is 0.226 e. The largest absolute Gasteiger partial charge is 0.342 e. The van der Waals surface area contributed by atoms with Crippen molar-refractivity contribution in [2.45, 2.75) is 38.6 Å². The summed E-state index contributed by atoms with van der Waals surface area (Å²) >= 11 is 1.76. The number of hydrogen-bond acceptors (Lipinski definition) is 3. The molecule has 3 nitrogen and oxygen atoms in total. The lowest BCUT2D eigenvalue weighted by Crippen LogP contribution is -2.47. The highest BCUT2D eigenvalue weighted by Crippen LogP contribution is 2.28. The van der Waals surface area contributed by atoms with Gasteiger partial charge in [0.15, 0.2) is 0 Å². The van der Waals surface area contributed by atoms with Gasteiger partial charge in [-0.1, -0.05) is 6.92 Å². The lowest BCUT2D eigenvalue weighted by atomic mass is 10.0. The molecule has 0 bridgehead atoms. The number of thioether (sulfide) groups is 1. The van der Waals surface area contributed by atoms with Gasteiger partial charge in [-0.15, -0.1) is 12.4 Å². The van der Waals surface area contributed by atoms with Crippen LogP contribution in [0.4, 0.5) is 0 Å². The van der Waals surface area contributed by atoms with Crippen LogP contribution in [0.5, 0.6) is 0 Å². The molecule has 112 valence electrons.